The molecule has 5 heteroatoms. The van der Waals surface area contributed by atoms with Gasteiger partial charge in [0.25, 0.3) is 0 Å². The van der Waals surface area contributed by atoms with E-state index in [9.17, 15) is 9.90 Å². The van der Waals surface area contributed by atoms with Gasteiger partial charge in [0, 0.05) is 6.42 Å². The van der Waals surface area contributed by atoms with Gasteiger partial charge in [-0.2, -0.15) is 0 Å². The van der Waals surface area contributed by atoms with Crippen molar-refractivity contribution in [2.75, 3.05) is 14.2 Å². The van der Waals surface area contributed by atoms with E-state index in [1.54, 1.807) is 14.2 Å². The lowest BCUT2D eigenvalue weighted by Gasteiger charge is -2.16. The lowest BCUT2D eigenvalue weighted by atomic mass is 10.1. The Hall–Kier alpha value is -1.75. The highest BCUT2D eigenvalue weighted by Gasteiger charge is 2.26. The second-order valence-corrected chi connectivity index (χ2v) is 5.36. The minimum Gasteiger partial charge on any atom is -0.493 e. The van der Waals surface area contributed by atoms with Gasteiger partial charge < -0.3 is 19.9 Å². The third-order valence-electron chi connectivity index (χ3n) is 3.91. The van der Waals surface area contributed by atoms with E-state index in [1.165, 1.54) is 0 Å². The van der Waals surface area contributed by atoms with Crippen molar-refractivity contribution in [2.24, 2.45) is 0 Å². The maximum absolute atomic E-state index is 11.9. The molecule has 1 fully saturated rings. The summed E-state index contributed by atoms with van der Waals surface area (Å²) in [6.45, 7) is 0. The van der Waals surface area contributed by atoms with E-state index < -0.39 is 6.10 Å². The van der Waals surface area contributed by atoms with Crippen LogP contribution in [0.4, 0.5) is 0 Å². The molecule has 0 spiro atoms. The van der Waals surface area contributed by atoms with Crippen LogP contribution in [0.5, 0.6) is 11.5 Å². The molecule has 0 aliphatic heterocycles. The van der Waals surface area contributed by atoms with Gasteiger partial charge >= 0.3 is 0 Å². The molecule has 2 N–H and O–H groups in total. The van der Waals surface area contributed by atoms with Crippen molar-refractivity contribution in [3.8, 4) is 11.5 Å². The zero-order valence-electron chi connectivity index (χ0n) is 12.6. The average molecular weight is 293 g/mol. The molecule has 0 radical (unpaired) electrons. The van der Waals surface area contributed by atoms with E-state index >= 15 is 0 Å². The zero-order chi connectivity index (χ0) is 15.2. The second kappa shape index (κ2) is 7.31. The Morgan fingerprint density at radius 3 is 2.67 bits per heavy atom. The van der Waals surface area contributed by atoms with Gasteiger partial charge in [-0.1, -0.05) is 6.07 Å². The highest BCUT2D eigenvalue weighted by atomic mass is 16.5. The lowest BCUT2D eigenvalue weighted by molar-refractivity contribution is -0.122. The number of hydrogen-bond acceptors (Lipinski definition) is 4. The monoisotopic (exact) mass is 293 g/mol. The van der Waals surface area contributed by atoms with Gasteiger partial charge in [0.15, 0.2) is 11.5 Å². The fourth-order valence-corrected chi connectivity index (χ4v) is 2.68. The maximum atomic E-state index is 11.9. The molecule has 2 unspecified atom stereocenters. The normalized spacial score (nSPS) is 21.1. The predicted molar refractivity (Wildman–Crippen MR) is 79.7 cm³/mol. The number of aliphatic hydroxyl groups excluding tert-OH is 1. The average Bonchev–Trinajstić information content (AvgIpc) is 2.90. The van der Waals surface area contributed by atoms with Crippen molar-refractivity contribution in [3.63, 3.8) is 0 Å². The fourth-order valence-electron chi connectivity index (χ4n) is 2.68. The first kappa shape index (κ1) is 15.6. The van der Waals surface area contributed by atoms with Crippen LogP contribution in [0.3, 0.4) is 0 Å². The Kier molecular flexibility index (Phi) is 5.44. The van der Waals surface area contributed by atoms with Crippen molar-refractivity contribution < 1.29 is 19.4 Å². The Morgan fingerprint density at radius 2 is 2.05 bits per heavy atom. The number of aliphatic hydroxyl groups is 1. The smallest absolute Gasteiger partial charge is 0.220 e. The summed E-state index contributed by atoms with van der Waals surface area (Å²) in [4.78, 5) is 11.9. The Bertz CT molecular complexity index is 489. The summed E-state index contributed by atoms with van der Waals surface area (Å²) < 4.78 is 10.4. The number of ether oxygens (including phenoxy) is 2. The lowest BCUT2D eigenvalue weighted by Crippen LogP contribution is -2.39. The molecule has 2 atom stereocenters. The van der Waals surface area contributed by atoms with Gasteiger partial charge in [-0.15, -0.1) is 0 Å². The zero-order valence-corrected chi connectivity index (χ0v) is 12.6. The molecule has 1 saturated carbocycles. The molecular formula is C16H23NO4. The van der Waals surface area contributed by atoms with Crippen LogP contribution in [0, 0.1) is 0 Å². The first-order chi connectivity index (χ1) is 10.1. The SMILES string of the molecule is COc1ccc(CCC(=O)NC2CCCC2O)cc1OC. The molecule has 0 aromatic heterocycles. The highest BCUT2D eigenvalue weighted by molar-refractivity contribution is 5.76. The maximum Gasteiger partial charge on any atom is 0.220 e. The van der Waals surface area contributed by atoms with Gasteiger partial charge in [-0.25, -0.2) is 0 Å². The Labute approximate surface area is 125 Å². The molecule has 1 aromatic rings. The van der Waals surface area contributed by atoms with Crippen LogP contribution in [0.25, 0.3) is 0 Å². The molecule has 1 amide bonds. The molecule has 1 aliphatic rings. The standard InChI is InChI=1S/C16H23NO4/c1-20-14-8-6-11(10-15(14)21-2)7-9-16(19)17-12-4-3-5-13(12)18/h6,8,10,12-13,18H,3-5,7,9H2,1-2H3,(H,17,19). The van der Waals surface area contributed by atoms with Crippen LogP contribution >= 0.6 is 0 Å². The number of rotatable bonds is 6. The summed E-state index contributed by atoms with van der Waals surface area (Å²) in [6.07, 6.45) is 3.26. The van der Waals surface area contributed by atoms with Crippen LogP contribution in [-0.4, -0.2) is 37.4 Å². The third kappa shape index (κ3) is 4.11. The molecule has 116 valence electrons. The highest BCUT2D eigenvalue weighted by Crippen LogP contribution is 2.28. The van der Waals surface area contributed by atoms with Gasteiger partial charge in [-0.3, -0.25) is 4.79 Å². The van der Waals surface area contributed by atoms with Gasteiger partial charge in [-0.05, 0) is 43.4 Å². The van der Waals surface area contributed by atoms with E-state index in [1.807, 2.05) is 18.2 Å². The van der Waals surface area contributed by atoms with Crippen LogP contribution in [0.2, 0.25) is 0 Å². The molecule has 2 rings (SSSR count). The van der Waals surface area contributed by atoms with E-state index in [0.29, 0.717) is 24.3 Å². The summed E-state index contributed by atoms with van der Waals surface area (Å²) >= 11 is 0. The quantitative estimate of drug-likeness (QED) is 0.837. The van der Waals surface area contributed by atoms with Crippen molar-refractivity contribution in [1.29, 1.82) is 0 Å². The van der Waals surface area contributed by atoms with Crippen molar-refractivity contribution in [2.45, 2.75) is 44.2 Å². The van der Waals surface area contributed by atoms with Crippen LogP contribution in [0.15, 0.2) is 18.2 Å². The molecule has 1 aromatic carbocycles. The summed E-state index contributed by atoms with van der Waals surface area (Å²) in [5, 5.41) is 12.6. The molecule has 0 bridgehead atoms. The van der Waals surface area contributed by atoms with E-state index in [2.05, 4.69) is 5.32 Å². The van der Waals surface area contributed by atoms with Crippen LogP contribution in [0.1, 0.15) is 31.2 Å². The first-order valence-electron chi connectivity index (χ1n) is 7.32. The number of aryl methyl sites for hydroxylation is 1. The van der Waals surface area contributed by atoms with E-state index in [-0.39, 0.29) is 11.9 Å². The first-order valence-corrected chi connectivity index (χ1v) is 7.32. The van der Waals surface area contributed by atoms with Crippen molar-refractivity contribution >= 4 is 5.91 Å². The molecule has 21 heavy (non-hydrogen) atoms. The van der Waals surface area contributed by atoms with Gasteiger partial charge in [0.2, 0.25) is 5.91 Å². The molecule has 5 nitrogen and oxygen atoms in total. The van der Waals surface area contributed by atoms with Crippen molar-refractivity contribution in [1.82, 2.24) is 5.32 Å². The van der Waals surface area contributed by atoms with Crippen LogP contribution in [-0.2, 0) is 11.2 Å². The minimum atomic E-state index is -0.393. The third-order valence-corrected chi connectivity index (χ3v) is 3.91. The number of nitrogens with one attached hydrogen (secondary N) is 1. The fraction of sp³-hybridized carbons (Fsp3) is 0.562. The molecule has 1 aliphatic carbocycles. The largest absolute Gasteiger partial charge is 0.493 e. The topological polar surface area (TPSA) is 67.8 Å². The Morgan fingerprint density at radius 1 is 1.29 bits per heavy atom. The molecule has 0 heterocycles. The van der Waals surface area contributed by atoms with E-state index in [4.69, 9.17) is 9.47 Å². The van der Waals surface area contributed by atoms with Crippen molar-refractivity contribution in [3.05, 3.63) is 23.8 Å². The summed E-state index contributed by atoms with van der Waals surface area (Å²) in [6, 6.07) is 5.57. The van der Waals surface area contributed by atoms with E-state index in [0.717, 1.165) is 24.8 Å². The second-order valence-electron chi connectivity index (χ2n) is 5.36. The van der Waals surface area contributed by atoms with Crippen LogP contribution < -0.4 is 14.8 Å². The number of amides is 1. The predicted octanol–water partition coefficient (Wildman–Crippen LogP) is 1.67. The summed E-state index contributed by atoms with van der Waals surface area (Å²) in [5.41, 5.74) is 1.02. The van der Waals surface area contributed by atoms with Gasteiger partial charge in [0.05, 0.1) is 26.4 Å². The molecule has 0 saturated heterocycles. The number of carbonyl (C=O) groups is 1. The summed E-state index contributed by atoms with van der Waals surface area (Å²) in [5.74, 6) is 1.33. The number of methoxy groups -OCH3 is 2. The number of benzene rings is 1. The number of carbonyl (C=O) groups excluding carboxylic acids is 1. The van der Waals surface area contributed by atoms with Gasteiger partial charge in [0.1, 0.15) is 0 Å². The Balaban J connectivity index is 1.86. The molecular weight excluding hydrogens is 270 g/mol. The number of hydrogen-bond donors (Lipinski definition) is 2. The minimum absolute atomic E-state index is 0.0178. The summed E-state index contributed by atoms with van der Waals surface area (Å²) in [7, 11) is 3.19.